The van der Waals surface area contributed by atoms with Crippen LogP contribution < -0.4 is 10.1 Å². The lowest BCUT2D eigenvalue weighted by molar-refractivity contribution is 0.0734. The minimum Gasteiger partial charge on any atom is -0.423 e. The largest absolute Gasteiger partial charge is 0.423 e. The van der Waals surface area contributed by atoms with E-state index in [-0.39, 0.29) is 5.82 Å². The molecule has 1 aromatic heterocycles. The Morgan fingerprint density at radius 1 is 1.04 bits per heavy atom. The number of anilines is 2. The fraction of sp³-hybridized carbons (Fsp3) is 0. The molecule has 0 fully saturated rings. The molecule has 0 amide bonds. The standard InChI is InChI=1S/C18H12FIN2O2/c19-16-11-13(20)1-6-17(16)22-14-2-4-15(5-3-14)24-18(23)12-7-9-21-10-8-12/h1-11,22H. The average Bonchev–Trinajstić information content (AvgIpc) is 2.60. The zero-order valence-electron chi connectivity index (χ0n) is 12.4. The van der Waals surface area contributed by atoms with Crippen LogP contribution in [0.2, 0.25) is 0 Å². The number of hydrogen-bond donors (Lipinski definition) is 1. The number of nitrogens with one attached hydrogen (secondary N) is 1. The van der Waals surface area contributed by atoms with E-state index < -0.39 is 5.97 Å². The normalized spacial score (nSPS) is 10.2. The lowest BCUT2D eigenvalue weighted by Crippen LogP contribution is -2.08. The summed E-state index contributed by atoms with van der Waals surface area (Å²) in [6.07, 6.45) is 3.05. The van der Waals surface area contributed by atoms with Crippen molar-refractivity contribution >= 4 is 39.9 Å². The third-order valence-corrected chi connectivity index (χ3v) is 3.86. The highest BCUT2D eigenvalue weighted by molar-refractivity contribution is 14.1. The number of ether oxygens (including phenoxy) is 1. The highest BCUT2D eigenvalue weighted by atomic mass is 127. The van der Waals surface area contributed by atoms with Gasteiger partial charge in [0.1, 0.15) is 11.6 Å². The maximum Gasteiger partial charge on any atom is 0.343 e. The van der Waals surface area contributed by atoms with Crippen LogP contribution in [0.3, 0.4) is 0 Å². The van der Waals surface area contributed by atoms with Crippen molar-refractivity contribution in [2.45, 2.75) is 0 Å². The van der Waals surface area contributed by atoms with Gasteiger partial charge in [-0.05, 0) is 77.2 Å². The SMILES string of the molecule is O=C(Oc1ccc(Nc2ccc(I)cc2F)cc1)c1ccncc1. The lowest BCUT2D eigenvalue weighted by atomic mass is 10.2. The van der Waals surface area contributed by atoms with Gasteiger partial charge in [0.15, 0.2) is 0 Å². The van der Waals surface area contributed by atoms with Crippen molar-refractivity contribution in [1.82, 2.24) is 4.98 Å². The molecule has 0 aliphatic heterocycles. The van der Waals surface area contributed by atoms with Crippen molar-refractivity contribution in [2.75, 3.05) is 5.32 Å². The number of hydrogen-bond acceptors (Lipinski definition) is 4. The fourth-order valence-electron chi connectivity index (χ4n) is 2.01. The number of halogens is 2. The molecule has 6 heteroatoms. The minimum atomic E-state index is -0.457. The summed E-state index contributed by atoms with van der Waals surface area (Å²) in [6, 6.07) is 14.8. The molecule has 3 aromatic rings. The number of esters is 1. The first kappa shape index (κ1) is 16.4. The van der Waals surface area contributed by atoms with Gasteiger partial charge in [0.2, 0.25) is 0 Å². The molecule has 0 saturated heterocycles. The van der Waals surface area contributed by atoms with Gasteiger partial charge >= 0.3 is 5.97 Å². The molecule has 0 aliphatic carbocycles. The Bertz CT molecular complexity index is 855. The molecule has 0 spiro atoms. The van der Waals surface area contributed by atoms with Gasteiger partial charge in [-0.3, -0.25) is 4.98 Å². The van der Waals surface area contributed by atoms with Gasteiger partial charge < -0.3 is 10.1 Å². The van der Waals surface area contributed by atoms with Gasteiger partial charge in [0.05, 0.1) is 11.3 Å². The molecule has 0 aliphatic rings. The van der Waals surface area contributed by atoms with Crippen molar-refractivity contribution in [3.63, 3.8) is 0 Å². The maximum absolute atomic E-state index is 13.8. The topological polar surface area (TPSA) is 51.2 Å². The van der Waals surface area contributed by atoms with Crippen LogP contribution in [0.5, 0.6) is 5.75 Å². The summed E-state index contributed by atoms with van der Waals surface area (Å²) in [5, 5.41) is 2.98. The smallest absolute Gasteiger partial charge is 0.343 e. The summed E-state index contributed by atoms with van der Waals surface area (Å²) >= 11 is 2.05. The van der Waals surface area contributed by atoms with Crippen LogP contribution in [0.25, 0.3) is 0 Å². The zero-order valence-corrected chi connectivity index (χ0v) is 14.5. The molecule has 0 saturated carbocycles. The Morgan fingerprint density at radius 3 is 2.42 bits per heavy atom. The number of carbonyl (C=O) groups is 1. The van der Waals surface area contributed by atoms with Gasteiger partial charge in [-0.2, -0.15) is 0 Å². The number of pyridine rings is 1. The first-order chi connectivity index (χ1) is 11.6. The molecule has 1 heterocycles. The lowest BCUT2D eigenvalue weighted by Gasteiger charge is -2.09. The Balaban J connectivity index is 1.68. The quantitative estimate of drug-likeness (QED) is 0.365. The van der Waals surface area contributed by atoms with E-state index in [1.165, 1.54) is 18.5 Å². The molecule has 0 bridgehead atoms. The average molecular weight is 434 g/mol. The first-order valence-electron chi connectivity index (χ1n) is 7.06. The monoisotopic (exact) mass is 434 g/mol. The van der Waals surface area contributed by atoms with Crippen LogP contribution >= 0.6 is 22.6 Å². The van der Waals surface area contributed by atoms with Crippen LogP contribution in [0, 0.1) is 9.39 Å². The Hall–Kier alpha value is -2.48. The summed E-state index contributed by atoms with van der Waals surface area (Å²) in [7, 11) is 0. The second kappa shape index (κ2) is 7.39. The minimum absolute atomic E-state index is 0.324. The highest BCUT2D eigenvalue weighted by Gasteiger charge is 2.08. The molecule has 2 aromatic carbocycles. The predicted octanol–water partition coefficient (Wildman–Crippen LogP) is 4.79. The third kappa shape index (κ3) is 4.08. The second-order valence-corrected chi connectivity index (χ2v) is 6.14. The highest BCUT2D eigenvalue weighted by Crippen LogP contribution is 2.23. The van der Waals surface area contributed by atoms with E-state index in [9.17, 15) is 9.18 Å². The molecule has 0 atom stereocenters. The van der Waals surface area contributed by atoms with Crippen LogP contribution in [0.4, 0.5) is 15.8 Å². The number of aromatic nitrogens is 1. The van der Waals surface area contributed by atoms with E-state index in [1.54, 1.807) is 42.5 Å². The molecule has 120 valence electrons. The summed E-state index contributed by atoms with van der Waals surface area (Å²) in [5.41, 5.74) is 1.50. The number of benzene rings is 2. The Labute approximate surface area is 151 Å². The Morgan fingerprint density at radius 2 is 1.75 bits per heavy atom. The van der Waals surface area contributed by atoms with Crippen molar-refractivity contribution in [3.8, 4) is 5.75 Å². The third-order valence-electron chi connectivity index (χ3n) is 3.19. The van der Waals surface area contributed by atoms with Crippen molar-refractivity contribution in [1.29, 1.82) is 0 Å². The molecule has 4 nitrogen and oxygen atoms in total. The summed E-state index contributed by atoms with van der Waals surface area (Å²) in [6.45, 7) is 0. The van der Waals surface area contributed by atoms with Gasteiger partial charge in [-0.15, -0.1) is 0 Å². The first-order valence-corrected chi connectivity index (χ1v) is 8.14. The van der Waals surface area contributed by atoms with Gasteiger partial charge in [0, 0.05) is 21.7 Å². The summed E-state index contributed by atoms with van der Waals surface area (Å²) < 4.78 is 19.9. The molecule has 3 rings (SSSR count). The maximum atomic E-state index is 13.8. The van der Waals surface area contributed by atoms with Crippen LogP contribution in [-0.4, -0.2) is 11.0 Å². The van der Waals surface area contributed by atoms with Crippen LogP contribution in [0.15, 0.2) is 67.0 Å². The van der Waals surface area contributed by atoms with Crippen molar-refractivity contribution < 1.29 is 13.9 Å². The van der Waals surface area contributed by atoms with E-state index in [2.05, 4.69) is 32.9 Å². The predicted molar refractivity (Wildman–Crippen MR) is 98.0 cm³/mol. The number of rotatable bonds is 4. The molecular weight excluding hydrogens is 422 g/mol. The number of nitrogens with zero attached hydrogens (tertiary/aromatic N) is 1. The summed E-state index contributed by atoms with van der Waals surface area (Å²) in [5.74, 6) is -0.373. The van der Waals surface area contributed by atoms with Gasteiger partial charge in [0.25, 0.3) is 0 Å². The van der Waals surface area contributed by atoms with E-state index in [4.69, 9.17) is 4.74 Å². The molecule has 0 unspecified atom stereocenters. The zero-order chi connectivity index (χ0) is 16.9. The second-order valence-electron chi connectivity index (χ2n) is 4.90. The Kier molecular flexibility index (Phi) is 5.05. The van der Waals surface area contributed by atoms with Crippen molar-refractivity contribution in [2.24, 2.45) is 0 Å². The molecular formula is C18H12FIN2O2. The van der Waals surface area contributed by atoms with E-state index in [0.29, 0.717) is 22.7 Å². The summed E-state index contributed by atoms with van der Waals surface area (Å²) in [4.78, 5) is 15.8. The fourth-order valence-corrected chi connectivity index (χ4v) is 2.46. The van der Waals surface area contributed by atoms with Crippen LogP contribution in [-0.2, 0) is 0 Å². The van der Waals surface area contributed by atoms with Gasteiger partial charge in [-0.1, -0.05) is 0 Å². The van der Waals surface area contributed by atoms with E-state index >= 15 is 0 Å². The number of carbonyl (C=O) groups excluding carboxylic acids is 1. The van der Waals surface area contributed by atoms with E-state index in [0.717, 1.165) is 3.57 Å². The molecule has 1 N–H and O–H groups in total. The van der Waals surface area contributed by atoms with Gasteiger partial charge in [-0.25, -0.2) is 9.18 Å². The molecule has 0 radical (unpaired) electrons. The van der Waals surface area contributed by atoms with Crippen LogP contribution in [0.1, 0.15) is 10.4 Å². The van der Waals surface area contributed by atoms with Crippen molar-refractivity contribution in [3.05, 3.63) is 81.9 Å². The van der Waals surface area contributed by atoms with E-state index in [1.807, 2.05) is 6.07 Å². The molecule has 24 heavy (non-hydrogen) atoms.